The normalized spacial score (nSPS) is 18.1. The fraction of sp³-hybridized carbons (Fsp3) is 0.286. The third kappa shape index (κ3) is 1.93. The van der Waals surface area contributed by atoms with Crippen LogP contribution in [0.1, 0.15) is 35.0 Å². The molecule has 0 radical (unpaired) electrons. The Morgan fingerprint density at radius 2 is 2.06 bits per heavy atom. The van der Waals surface area contributed by atoms with Crippen LogP contribution in [0.2, 0.25) is 5.15 Å². The molecule has 0 saturated heterocycles. The largest absolute Gasteiger partial charge is 0.237 e. The number of halogens is 1. The molecule has 0 saturated carbocycles. The maximum atomic E-state index is 6.00. The summed E-state index contributed by atoms with van der Waals surface area (Å²) in [6, 6.07) is 10.3. The fourth-order valence-electron chi connectivity index (χ4n) is 2.53. The number of aromatic nitrogens is 2. The molecule has 1 unspecified atom stereocenters. The molecule has 17 heavy (non-hydrogen) atoms. The van der Waals surface area contributed by atoms with E-state index in [4.69, 9.17) is 11.6 Å². The van der Waals surface area contributed by atoms with E-state index < -0.39 is 0 Å². The highest BCUT2D eigenvalue weighted by Crippen LogP contribution is 2.36. The molecule has 2 aromatic rings. The van der Waals surface area contributed by atoms with E-state index >= 15 is 0 Å². The minimum absolute atomic E-state index is 0.309. The summed E-state index contributed by atoms with van der Waals surface area (Å²) in [5.74, 6) is 1.17. The van der Waals surface area contributed by atoms with E-state index in [2.05, 4.69) is 34.2 Å². The standard InChI is InChI=1S/C14H13ClN2/c1-9-8-13(15)17-14(16-9)12-7-6-10-4-2-3-5-11(10)12/h2-5,8,12H,6-7H2,1H3. The molecular weight excluding hydrogens is 232 g/mol. The van der Waals surface area contributed by atoms with Crippen molar-refractivity contribution in [3.8, 4) is 0 Å². The van der Waals surface area contributed by atoms with Crippen LogP contribution in [0.5, 0.6) is 0 Å². The van der Waals surface area contributed by atoms with Crippen molar-refractivity contribution in [3.63, 3.8) is 0 Å². The Labute approximate surface area is 106 Å². The van der Waals surface area contributed by atoms with Gasteiger partial charge in [-0.3, -0.25) is 0 Å². The van der Waals surface area contributed by atoms with Crippen LogP contribution in [-0.2, 0) is 6.42 Å². The maximum absolute atomic E-state index is 6.00. The molecule has 3 rings (SSSR count). The zero-order valence-electron chi connectivity index (χ0n) is 9.65. The number of aryl methyl sites for hydroxylation is 2. The van der Waals surface area contributed by atoms with Crippen LogP contribution in [0.15, 0.2) is 30.3 Å². The number of rotatable bonds is 1. The highest BCUT2D eigenvalue weighted by Gasteiger charge is 2.25. The molecule has 0 aliphatic heterocycles. The van der Waals surface area contributed by atoms with Gasteiger partial charge >= 0.3 is 0 Å². The van der Waals surface area contributed by atoms with Crippen molar-refractivity contribution in [3.05, 3.63) is 58.1 Å². The lowest BCUT2D eigenvalue weighted by Crippen LogP contribution is -2.04. The lowest BCUT2D eigenvalue weighted by molar-refractivity contribution is 0.724. The average molecular weight is 245 g/mol. The second-order valence-electron chi connectivity index (χ2n) is 4.48. The number of benzene rings is 1. The highest BCUT2D eigenvalue weighted by molar-refractivity contribution is 6.29. The van der Waals surface area contributed by atoms with Crippen LogP contribution in [0.25, 0.3) is 0 Å². The zero-order valence-corrected chi connectivity index (χ0v) is 10.4. The number of hydrogen-bond donors (Lipinski definition) is 0. The van der Waals surface area contributed by atoms with Gasteiger partial charge < -0.3 is 0 Å². The molecular formula is C14H13ClN2. The van der Waals surface area contributed by atoms with Gasteiger partial charge in [-0.15, -0.1) is 0 Å². The third-order valence-electron chi connectivity index (χ3n) is 3.28. The molecule has 0 bridgehead atoms. The Balaban J connectivity index is 2.06. The van der Waals surface area contributed by atoms with Crippen LogP contribution >= 0.6 is 11.6 Å². The van der Waals surface area contributed by atoms with E-state index in [9.17, 15) is 0 Å². The Morgan fingerprint density at radius 3 is 2.88 bits per heavy atom. The Bertz CT molecular complexity index is 546. The summed E-state index contributed by atoms with van der Waals surface area (Å²) in [6.07, 6.45) is 2.19. The van der Waals surface area contributed by atoms with Crippen molar-refractivity contribution < 1.29 is 0 Å². The van der Waals surface area contributed by atoms with Crippen molar-refractivity contribution in [2.75, 3.05) is 0 Å². The molecule has 1 aliphatic carbocycles. The quantitative estimate of drug-likeness (QED) is 0.718. The van der Waals surface area contributed by atoms with Gasteiger partial charge in [-0.25, -0.2) is 9.97 Å². The predicted molar refractivity (Wildman–Crippen MR) is 68.4 cm³/mol. The van der Waals surface area contributed by atoms with Crippen LogP contribution in [0, 0.1) is 6.92 Å². The van der Waals surface area contributed by atoms with Crippen molar-refractivity contribution in [2.24, 2.45) is 0 Å². The summed E-state index contributed by atoms with van der Waals surface area (Å²) in [4.78, 5) is 8.89. The van der Waals surface area contributed by atoms with E-state index in [1.165, 1.54) is 11.1 Å². The summed E-state index contributed by atoms with van der Waals surface area (Å²) in [6.45, 7) is 1.96. The Kier molecular flexibility index (Phi) is 2.60. The van der Waals surface area contributed by atoms with Gasteiger partial charge in [0.2, 0.25) is 0 Å². The van der Waals surface area contributed by atoms with Gasteiger partial charge in [-0.1, -0.05) is 35.9 Å². The molecule has 0 amide bonds. The molecule has 1 atom stereocenters. The Morgan fingerprint density at radius 1 is 1.24 bits per heavy atom. The first-order valence-corrected chi connectivity index (χ1v) is 6.21. The first-order chi connectivity index (χ1) is 8.24. The summed E-state index contributed by atoms with van der Waals surface area (Å²) in [5.41, 5.74) is 3.71. The molecule has 1 aromatic carbocycles. The van der Waals surface area contributed by atoms with Gasteiger partial charge in [0.25, 0.3) is 0 Å². The molecule has 0 N–H and O–H groups in total. The molecule has 0 spiro atoms. The van der Waals surface area contributed by atoms with Gasteiger partial charge in [0.15, 0.2) is 0 Å². The third-order valence-corrected chi connectivity index (χ3v) is 3.48. The van der Waals surface area contributed by atoms with Crippen LogP contribution < -0.4 is 0 Å². The number of nitrogens with zero attached hydrogens (tertiary/aromatic N) is 2. The highest BCUT2D eigenvalue weighted by atomic mass is 35.5. The topological polar surface area (TPSA) is 25.8 Å². The van der Waals surface area contributed by atoms with E-state index in [-0.39, 0.29) is 0 Å². The minimum atomic E-state index is 0.309. The van der Waals surface area contributed by atoms with Crippen molar-refractivity contribution in [2.45, 2.75) is 25.7 Å². The smallest absolute Gasteiger partial charge is 0.137 e. The minimum Gasteiger partial charge on any atom is -0.237 e. The average Bonchev–Trinajstić information content (AvgIpc) is 2.71. The van der Waals surface area contributed by atoms with Gasteiger partial charge in [0, 0.05) is 11.6 Å². The number of hydrogen-bond acceptors (Lipinski definition) is 2. The Hall–Kier alpha value is -1.41. The van der Waals surface area contributed by atoms with Gasteiger partial charge in [-0.2, -0.15) is 0 Å². The first-order valence-electron chi connectivity index (χ1n) is 5.83. The summed E-state index contributed by atoms with van der Waals surface area (Å²) in [5, 5.41) is 0.539. The lowest BCUT2D eigenvalue weighted by Gasteiger charge is -2.10. The molecule has 86 valence electrons. The molecule has 2 nitrogen and oxygen atoms in total. The second-order valence-corrected chi connectivity index (χ2v) is 4.87. The lowest BCUT2D eigenvalue weighted by atomic mass is 10.0. The van der Waals surface area contributed by atoms with Crippen LogP contribution in [-0.4, -0.2) is 9.97 Å². The molecule has 0 fully saturated rings. The molecule has 1 aromatic heterocycles. The first kappa shape index (κ1) is 10.7. The SMILES string of the molecule is Cc1cc(Cl)nc(C2CCc3ccccc32)n1. The second kappa shape index (κ2) is 4.11. The van der Waals surface area contributed by atoms with Gasteiger partial charge in [0.05, 0.1) is 0 Å². The van der Waals surface area contributed by atoms with Crippen molar-refractivity contribution >= 4 is 11.6 Å². The van der Waals surface area contributed by atoms with Gasteiger partial charge in [-0.05, 0) is 37.0 Å². The molecule has 3 heteroatoms. The predicted octanol–water partition coefficient (Wildman–Crippen LogP) is 3.52. The summed E-state index contributed by atoms with van der Waals surface area (Å²) >= 11 is 6.00. The van der Waals surface area contributed by atoms with Crippen molar-refractivity contribution in [1.29, 1.82) is 0 Å². The zero-order chi connectivity index (χ0) is 11.8. The van der Waals surface area contributed by atoms with Crippen molar-refractivity contribution in [1.82, 2.24) is 9.97 Å². The maximum Gasteiger partial charge on any atom is 0.137 e. The summed E-state index contributed by atoms with van der Waals surface area (Å²) < 4.78 is 0. The van der Waals surface area contributed by atoms with E-state index in [0.717, 1.165) is 24.4 Å². The molecule has 1 heterocycles. The van der Waals surface area contributed by atoms with E-state index in [1.807, 2.05) is 6.92 Å². The van der Waals surface area contributed by atoms with Crippen LogP contribution in [0.3, 0.4) is 0 Å². The van der Waals surface area contributed by atoms with Crippen LogP contribution in [0.4, 0.5) is 0 Å². The summed E-state index contributed by atoms with van der Waals surface area (Å²) in [7, 11) is 0. The van der Waals surface area contributed by atoms with E-state index in [1.54, 1.807) is 6.07 Å². The monoisotopic (exact) mass is 244 g/mol. The molecule has 1 aliphatic rings. The van der Waals surface area contributed by atoms with Gasteiger partial charge in [0.1, 0.15) is 11.0 Å². The number of fused-ring (bicyclic) bond motifs is 1. The van der Waals surface area contributed by atoms with E-state index in [0.29, 0.717) is 11.1 Å². The fourth-order valence-corrected chi connectivity index (χ4v) is 2.78.